The Morgan fingerprint density at radius 1 is 0.808 bits per heavy atom. The Bertz CT molecular complexity index is 955. The summed E-state index contributed by atoms with van der Waals surface area (Å²) in [5.74, 6) is 0. The Kier molecular flexibility index (Phi) is 6.15. The first kappa shape index (κ1) is 18.3. The van der Waals surface area contributed by atoms with Gasteiger partial charge in [-0.25, -0.2) is 8.42 Å². The lowest BCUT2D eigenvalue weighted by Crippen LogP contribution is -2.06. The van der Waals surface area contributed by atoms with E-state index in [9.17, 15) is 8.42 Å². The molecule has 132 valence electrons. The number of hydrogen-bond donors (Lipinski definition) is 1. The van der Waals surface area contributed by atoms with Crippen LogP contribution in [-0.4, -0.2) is 15.0 Å². The van der Waals surface area contributed by atoms with E-state index in [1.54, 1.807) is 30.3 Å². The van der Waals surface area contributed by atoms with Crippen molar-refractivity contribution in [2.45, 2.75) is 9.79 Å². The van der Waals surface area contributed by atoms with Gasteiger partial charge in [-0.15, -0.1) is 0 Å². The second-order valence-electron chi connectivity index (χ2n) is 5.58. The third-order valence-electron chi connectivity index (χ3n) is 3.59. The number of thioether (sulfide) groups is 1. The molecule has 3 aromatic rings. The summed E-state index contributed by atoms with van der Waals surface area (Å²) in [6, 6.07) is 28.0. The van der Waals surface area contributed by atoms with Crippen molar-refractivity contribution in [1.29, 1.82) is 0 Å². The zero-order chi connectivity index (χ0) is 18.2. The van der Waals surface area contributed by atoms with Crippen molar-refractivity contribution in [1.82, 2.24) is 0 Å². The first-order valence-electron chi connectivity index (χ1n) is 8.16. The average molecular weight is 382 g/mol. The lowest BCUT2D eigenvalue weighted by Gasteiger charge is -2.11. The maximum absolute atomic E-state index is 12.7. The zero-order valence-corrected chi connectivity index (χ0v) is 15.7. The fourth-order valence-electron chi connectivity index (χ4n) is 2.34. The third-order valence-corrected chi connectivity index (χ3v) is 6.30. The van der Waals surface area contributed by atoms with Crippen LogP contribution in [0.25, 0.3) is 0 Å². The van der Waals surface area contributed by atoms with E-state index >= 15 is 0 Å². The molecule has 1 N–H and O–H groups in total. The summed E-state index contributed by atoms with van der Waals surface area (Å²) >= 11 is 1.45. The third kappa shape index (κ3) is 5.25. The van der Waals surface area contributed by atoms with Gasteiger partial charge in [0.2, 0.25) is 9.84 Å². The molecule has 5 heteroatoms. The summed E-state index contributed by atoms with van der Waals surface area (Å²) < 4.78 is 25.5. The van der Waals surface area contributed by atoms with E-state index in [4.69, 9.17) is 0 Å². The molecule has 0 amide bonds. The zero-order valence-electron chi connectivity index (χ0n) is 14.1. The molecular weight excluding hydrogens is 362 g/mol. The molecule has 0 aromatic heterocycles. The molecule has 0 unspecified atom stereocenters. The molecule has 0 aliphatic carbocycles. The fraction of sp³-hybridized carbons (Fsp3) is 0.0476. The molecule has 0 atom stereocenters. The topological polar surface area (TPSA) is 46.2 Å². The van der Waals surface area contributed by atoms with Gasteiger partial charge in [-0.2, -0.15) is 0 Å². The van der Waals surface area contributed by atoms with Gasteiger partial charge in [0.15, 0.2) is 0 Å². The normalized spacial score (nSPS) is 11.9. The highest BCUT2D eigenvalue weighted by Crippen LogP contribution is 2.28. The van der Waals surface area contributed by atoms with Gasteiger partial charge in [-0.3, -0.25) is 0 Å². The largest absolute Gasteiger partial charge is 0.380 e. The number of benzene rings is 3. The van der Waals surface area contributed by atoms with E-state index in [2.05, 4.69) is 5.32 Å². The molecule has 0 heterocycles. The Morgan fingerprint density at radius 2 is 1.35 bits per heavy atom. The molecule has 0 bridgehead atoms. The van der Waals surface area contributed by atoms with Crippen LogP contribution in [0.3, 0.4) is 0 Å². The van der Waals surface area contributed by atoms with E-state index in [1.165, 1.54) is 17.2 Å². The van der Waals surface area contributed by atoms with Gasteiger partial charge in [0.05, 0.1) is 4.90 Å². The van der Waals surface area contributed by atoms with E-state index < -0.39 is 9.84 Å². The summed E-state index contributed by atoms with van der Waals surface area (Å²) in [4.78, 5) is 2.02. The van der Waals surface area contributed by atoms with Gasteiger partial charge < -0.3 is 5.32 Å². The molecule has 0 saturated carbocycles. The van der Waals surface area contributed by atoms with Crippen LogP contribution in [0.1, 0.15) is 0 Å². The molecule has 0 aliphatic heterocycles. The minimum Gasteiger partial charge on any atom is -0.380 e. The van der Waals surface area contributed by atoms with Crippen molar-refractivity contribution in [3.8, 4) is 0 Å². The van der Waals surface area contributed by atoms with Crippen LogP contribution in [0.5, 0.6) is 0 Å². The van der Waals surface area contributed by atoms with Crippen LogP contribution in [0.4, 0.5) is 5.69 Å². The smallest absolute Gasteiger partial charge is 0.200 e. The molecule has 3 nitrogen and oxygen atoms in total. The molecule has 26 heavy (non-hydrogen) atoms. The SMILES string of the molecule is O=S(=O)(/C=C(\CNc1ccccc1)Sc1ccccc1)c1ccccc1. The van der Waals surface area contributed by atoms with Crippen LogP contribution < -0.4 is 5.32 Å². The van der Waals surface area contributed by atoms with E-state index in [-0.39, 0.29) is 0 Å². The monoisotopic (exact) mass is 381 g/mol. The minimum absolute atomic E-state index is 0.297. The van der Waals surface area contributed by atoms with Crippen molar-refractivity contribution in [3.05, 3.63) is 101 Å². The summed E-state index contributed by atoms with van der Waals surface area (Å²) in [7, 11) is -3.51. The first-order valence-corrected chi connectivity index (χ1v) is 10.5. The van der Waals surface area contributed by atoms with E-state index in [1.807, 2.05) is 60.7 Å². The number of anilines is 1. The molecule has 3 rings (SSSR count). The minimum atomic E-state index is -3.51. The van der Waals surface area contributed by atoms with Crippen molar-refractivity contribution in [2.24, 2.45) is 0 Å². The lowest BCUT2D eigenvalue weighted by molar-refractivity contribution is 0.604. The van der Waals surface area contributed by atoms with Gasteiger partial charge in [0, 0.05) is 27.4 Å². The summed E-state index contributed by atoms with van der Waals surface area (Å²) in [5.41, 5.74) is 0.948. The second-order valence-corrected chi connectivity index (χ2v) is 8.57. The van der Waals surface area contributed by atoms with Crippen molar-refractivity contribution in [3.63, 3.8) is 0 Å². The summed E-state index contributed by atoms with van der Waals surface area (Å²) in [6.45, 7) is 0.426. The quantitative estimate of drug-likeness (QED) is 0.571. The fourth-order valence-corrected chi connectivity index (χ4v) is 4.75. The number of nitrogens with one attached hydrogen (secondary N) is 1. The van der Waals surface area contributed by atoms with Gasteiger partial charge in [-0.1, -0.05) is 66.4 Å². The standard InChI is InChI=1S/C21H19NO2S2/c23-26(24,21-14-8-3-9-15-21)17-20(25-19-12-6-2-7-13-19)16-22-18-10-4-1-5-11-18/h1-15,17,22H,16H2/b20-17+. The predicted octanol–water partition coefficient (Wildman–Crippen LogP) is 5.21. The van der Waals surface area contributed by atoms with Crippen LogP contribution in [0.15, 0.2) is 111 Å². The van der Waals surface area contributed by atoms with E-state index in [0.717, 1.165) is 15.5 Å². The number of sulfone groups is 1. The van der Waals surface area contributed by atoms with Crippen LogP contribution in [0.2, 0.25) is 0 Å². The molecule has 0 aliphatic rings. The number of rotatable bonds is 7. The highest BCUT2D eigenvalue weighted by atomic mass is 32.2. The number of para-hydroxylation sites is 1. The maximum atomic E-state index is 12.7. The summed E-state index contributed by atoms with van der Waals surface area (Å²) in [5, 5.41) is 4.64. The molecule has 0 radical (unpaired) electrons. The molecule has 0 spiro atoms. The predicted molar refractivity (Wildman–Crippen MR) is 109 cm³/mol. The number of hydrogen-bond acceptors (Lipinski definition) is 4. The highest BCUT2D eigenvalue weighted by molar-refractivity contribution is 8.04. The van der Waals surface area contributed by atoms with Gasteiger partial charge in [0.1, 0.15) is 0 Å². The van der Waals surface area contributed by atoms with Crippen molar-refractivity contribution >= 4 is 27.3 Å². The van der Waals surface area contributed by atoms with Crippen LogP contribution in [-0.2, 0) is 9.84 Å². The summed E-state index contributed by atoms with van der Waals surface area (Å²) in [6.07, 6.45) is 0. The Balaban J connectivity index is 1.86. The van der Waals surface area contributed by atoms with Gasteiger partial charge in [-0.05, 0) is 36.4 Å². The van der Waals surface area contributed by atoms with Crippen LogP contribution in [0, 0.1) is 0 Å². The molecule has 0 saturated heterocycles. The highest BCUT2D eigenvalue weighted by Gasteiger charge is 2.13. The van der Waals surface area contributed by atoms with Gasteiger partial charge >= 0.3 is 0 Å². The van der Waals surface area contributed by atoms with Crippen molar-refractivity contribution < 1.29 is 8.42 Å². The average Bonchev–Trinajstić information content (AvgIpc) is 2.68. The molecule has 0 fully saturated rings. The Morgan fingerprint density at radius 3 is 1.96 bits per heavy atom. The lowest BCUT2D eigenvalue weighted by atomic mass is 10.3. The Labute approximate surface area is 158 Å². The Hall–Kier alpha value is -2.50. The second kappa shape index (κ2) is 8.74. The first-order chi connectivity index (χ1) is 12.6. The maximum Gasteiger partial charge on any atom is 0.200 e. The van der Waals surface area contributed by atoms with E-state index in [0.29, 0.717) is 11.4 Å². The van der Waals surface area contributed by atoms with Crippen LogP contribution >= 0.6 is 11.8 Å². The molecular formula is C21H19NO2S2. The van der Waals surface area contributed by atoms with Crippen molar-refractivity contribution in [2.75, 3.05) is 11.9 Å². The molecule has 3 aromatic carbocycles. The van der Waals surface area contributed by atoms with Gasteiger partial charge in [0.25, 0.3) is 0 Å².